The number of carbonyl (C=O) groups is 1. The Kier molecular flexibility index (Phi) is 4.13. The molecule has 1 heterocycles. The number of amides is 1. The fraction of sp³-hybridized carbons (Fsp3) is 0.125. The number of benzene rings is 2. The van der Waals surface area contributed by atoms with Crippen molar-refractivity contribution in [2.75, 3.05) is 12.4 Å². The minimum absolute atomic E-state index is 0.153. The quantitative estimate of drug-likeness (QED) is 0.585. The van der Waals surface area contributed by atoms with Crippen LogP contribution in [0.15, 0.2) is 47.5 Å². The Morgan fingerprint density at radius 1 is 1.29 bits per heavy atom. The number of anilines is 1. The molecule has 0 fully saturated rings. The lowest BCUT2D eigenvalue weighted by molar-refractivity contribution is -0.384. The zero-order chi connectivity index (χ0) is 17.3. The number of carbonyl (C=O) groups excluding carboxylic acids is 1. The summed E-state index contributed by atoms with van der Waals surface area (Å²) in [6.07, 6.45) is 0. The van der Waals surface area contributed by atoms with Crippen molar-refractivity contribution < 1.29 is 9.72 Å². The molecule has 122 valence electrons. The summed E-state index contributed by atoms with van der Waals surface area (Å²) >= 11 is 1.39. The molecule has 8 heteroatoms. The molecule has 7 nitrogen and oxygen atoms in total. The minimum atomic E-state index is -0.526. The zero-order valence-corrected chi connectivity index (χ0v) is 13.8. The third-order valence-corrected chi connectivity index (χ3v) is 4.74. The van der Waals surface area contributed by atoms with Crippen molar-refractivity contribution in [1.82, 2.24) is 4.57 Å². The number of nitro benzene ring substituents is 1. The van der Waals surface area contributed by atoms with Gasteiger partial charge in [-0.3, -0.25) is 14.9 Å². The lowest BCUT2D eigenvalue weighted by Gasteiger charge is -2.03. The first-order valence-electron chi connectivity index (χ1n) is 7.11. The van der Waals surface area contributed by atoms with Crippen LogP contribution < -0.4 is 10.1 Å². The van der Waals surface area contributed by atoms with E-state index in [1.807, 2.05) is 35.9 Å². The average molecular weight is 342 g/mol. The van der Waals surface area contributed by atoms with Gasteiger partial charge in [0.05, 0.1) is 15.1 Å². The van der Waals surface area contributed by atoms with Crippen molar-refractivity contribution in [3.05, 3.63) is 62.9 Å². The van der Waals surface area contributed by atoms with Crippen LogP contribution in [0.2, 0.25) is 0 Å². The number of rotatable bonds is 3. The number of fused-ring (bicyclic) bond motifs is 1. The minimum Gasteiger partial charge on any atom is -0.383 e. The van der Waals surface area contributed by atoms with Crippen LogP contribution in [0, 0.1) is 10.1 Å². The third-order valence-electron chi connectivity index (χ3n) is 3.62. The van der Waals surface area contributed by atoms with Gasteiger partial charge in [-0.15, -0.1) is 0 Å². The van der Waals surface area contributed by atoms with Gasteiger partial charge >= 0.3 is 0 Å². The zero-order valence-electron chi connectivity index (χ0n) is 13.0. The van der Waals surface area contributed by atoms with E-state index in [0.717, 1.165) is 10.2 Å². The predicted molar refractivity (Wildman–Crippen MR) is 93.3 cm³/mol. The summed E-state index contributed by atoms with van der Waals surface area (Å²) in [5.74, 6) is -0.511. The van der Waals surface area contributed by atoms with E-state index in [9.17, 15) is 14.9 Å². The Morgan fingerprint density at radius 2 is 2.04 bits per heavy atom. The van der Waals surface area contributed by atoms with Gasteiger partial charge in [0.25, 0.3) is 11.6 Å². The van der Waals surface area contributed by atoms with Gasteiger partial charge in [-0.2, -0.15) is 4.99 Å². The Labute approximate surface area is 141 Å². The second-order valence-corrected chi connectivity index (χ2v) is 6.08. The number of para-hydroxylation sites is 1. The van der Waals surface area contributed by atoms with Crippen LogP contribution in [-0.2, 0) is 7.05 Å². The summed E-state index contributed by atoms with van der Waals surface area (Å²) in [6, 6.07) is 12.0. The molecule has 24 heavy (non-hydrogen) atoms. The Hall–Kier alpha value is -3.00. The van der Waals surface area contributed by atoms with Gasteiger partial charge < -0.3 is 9.88 Å². The third kappa shape index (κ3) is 2.79. The number of nitro groups is 1. The molecule has 0 atom stereocenters. The highest BCUT2D eigenvalue weighted by Crippen LogP contribution is 2.25. The Balaban J connectivity index is 2.07. The highest BCUT2D eigenvalue weighted by atomic mass is 32.1. The molecule has 0 spiro atoms. The van der Waals surface area contributed by atoms with E-state index in [2.05, 4.69) is 10.3 Å². The van der Waals surface area contributed by atoms with E-state index in [1.54, 1.807) is 7.05 Å². The fourth-order valence-corrected chi connectivity index (χ4v) is 3.38. The number of aromatic nitrogens is 1. The Morgan fingerprint density at radius 3 is 2.71 bits per heavy atom. The van der Waals surface area contributed by atoms with E-state index in [1.165, 1.54) is 29.5 Å². The maximum Gasteiger partial charge on any atom is 0.293 e. The largest absolute Gasteiger partial charge is 0.383 e. The monoisotopic (exact) mass is 342 g/mol. The molecule has 3 rings (SSSR count). The standard InChI is InChI=1S/C16H14N4O3S/c1-17-11-8-7-10(9-13(11)20(22)23)15(21)18-16-19(2)12-5-3-4-6-14(12)24-16/h3-9,17H,1-2H3. The molecule has 3 aromatic rings. The molecule has 0 aliphatic carbocycles. The molecule has 0 radical (unpaired) electrons. The highest BCUT2D eigenvalue weighted by molar-refractivity contribution is 7.16. The summed E-state index contributed by atoms with van der Waals surface area (Å²) in [4.78, 5) is 27.6. The SMILES string of the molecule is CNc1ccc(C(=O)N=c2sc3ccccc3n2C)cc1[N+](=O)[O-]. The van der Waals surface area contributed by atoms with Crippen LogP contribution in [0.1, 0.15) is 10.4 Å². The van der Waals surface area contributed by atoms with Crippen LogP contribution in [0.4, 0.5) is 11.4 Å². The van der Waals surface area contributed by atoms with Crippen molar-refractivity contribution in [1.29, 1.82) is 0 Å². The lowest BCUT2D eigenvalue weighted by Crippen LogP contribution is -2.13. The van der Waals surface area contributed by atoms with Crippen LogP contribution in [-0.4, -0.2) is 22.4 Å². The number of hydrogen-bond donors (Lipinski definition) is 1. The van der Waals surface area contributed by atoms with E-state index < -0.39 is 10.8 Å². The second-order valence-electron chi connectivity index (χ2n) is 5.07. The molecule has 0 saturated carbocycles. The highest BCUT2D eigenvalue weighted by Gasteiger charge is 2.16. The van der Waals surface area contributed by atoms with Gasteiger partial charge in [-0.1, -0.05) is 23.5 Å². The van der Waals surface area contributed by atoms with Crippen LogP contribution in [0.3, 0.4) is 0 Å². The average Bonchev–Trinajstić information content (AvgIpc) is 2.90. The maximum atomic E-state index is 12.4. The summed E-state index contributed by atoms with van der Waals surface area (Å²) in [7, 11) is 3.42. The smallest absolute Gasteiger partial charge is 0.293 e. The van der Waals surface area contributed by atoms with Crippen molar-refractivity contribution in [3.63, 3.8) is 0 Å². The topological polar surface area (TPSA) is 89.5 Å². The van der Waals surface area contributed by atoms with Gasteiger partial charge in [0.1, 0.15) is 5.69 Å². The molecule has 1 N–H and O–H groups in total. The molecule has 0 aliphatic rings. The van der Waals surface area contributed by atoms with Gasteiger partial charge in [0.2, 0.25) is 0 Å². The Bertz CT molecular complexity index is 1020. The summed E-state index contributed by atoms with van der Waals surface area (Å²) in [5.41, 5.74) is 1.35. The van der Waals surface area contributed by atoms with Crippen LogP contribution in [0.5, 0.6) is 0 Å². The first-order chi connectivity index (χ1) is 11.5. The van der Waals surface area contributed by atoms with Crippen molar-refractivity contribution in [2.45, 2.75) is 0 Å². The van der Waals surface area contributed by atoms with Crippen molar-refractivity contribution in [2.24, 2.45) is 12.0 Å². The molecule has 1 aromatic heterocycles. The lowest BCUT2D eigenvalue weighted by atomic mass is 10.1. The van der Waals surface area contributed by atoms with E-state index in [4.69, 9.17) is 0 Å². The van der Waals surface area contributed by atoms with E-state index in [-0.39, 0.29) is 11.3 Å². The van der Waals surface area contributed by atoms with Crippen LogP contribution in [0.25, 0.3) is 10.2 Å². The van der Waals surface area contributed by atoms with Gasteiger partial charge in [0.15, 0.2) is 4.80 Å². The summed E-state index contributed by atoms with van der Waals surface area (Å²) < 4.78 is 2.84. The van der Waals surface area contributed by atoms with Gasteiger partial charge in [-0.25, -0.2) is 0 Å². The molecule has 0 saturated heterocycles. The molecule has 1 amide bonds. The molecular formula is C16H14N4O3S. The van der Waals surface area contributed by atoms with Crippen LogP contribution >= 0.6 is 11.3 Å². The first kappa shape index (κ1) is 15.9. The molecule has 0 bridgehead atoms. The number of aryl methyl sites for hydroxylation is 1. The van der Waals surface area contributed by atoms with Gasteiger partial charge in [0, 0.05) is 25.7 Å². The number of thiazole rings is 1. The first-order valence-corrected chi connectivity index (χ1v) is 7.92. The van der Waals surface area contributed by atoms with E-state index >= 15 is 0 Å². The molecule has 0 unspecified atom stereocenters. The molecular weight excluding hydrogens is 328 g/mol. The number of hydrogen-bond acceptors (Lipinski definition) is 5. The van der Waals surface area contributed by atoms with E-state index in [0.29, 0.717) is 10.5 Å². The molecule has 0 aliphatic heterocycles. The maximum absolute atomic E-state index is 12.4. The van der Waals surface area contributed by atoms with Gasteiger partial charge in [-0.05, 0) is 24.3 Å². The summed E-state index contributed by atoms with van der Waals surface area (Å²) in [6.45, 7) is 0. The normalized spacial score (nSPS) is 11.7. The fourth-order valence-electron chi connectivity index (χ4n) is 2.37. The predicted octanol–water partition coefficient (Wildman–Crippen LogP) is 2.93. The van der Waals surface area contributed by atoms with Crippen molar-refractivity contribution >= 4 is 38.8 Å². The number of nitrogens with one attached hydrogen (secondary N) is 1. The number of nitrogens with zero attached hydrogens (tertiary/aromatic N) is 3. The molecule has 2 aromatic carbocycles. The summed E-state index contributed by atoms with van der Waals surface area (Å²) in [5, 5.41) is 13.8. The second kappa shape index (κ2) is 6.25. The van der Waals surface area contributed by atoms with Crippen molar-refractivity contribution in [3.8, 4) is 0 Å².